The van der Waals surface area contributed by atoms with Crippen LogP contribution in [-0.2, 0) is 25.8 Å². The lowest BCUT2D eigenvalue weighted by Crippen LogP contribution is -2.26. The van der Waals surface area contributed by atoms with Gasteiger partial charge in [-0.3, -0.25) is 4.79 Å². The molecule has 4 rings (SSSR count). The molecule has 1 aliphatic carbocycles. The van der Waals surface area contributed by atoms with E-state index in [2.05, 4.69) is 43.2 Å². The standard InChI is InChI=1S/C22H27N5O/c1-14(2)9-20-23-21(13-26-22(28)10-15(3)16(4)24-26)27(25-20)19-11-17-7-5-6-8-18(17)12-19/h5-8,10,14,19H,9,11-13H2,1-4H3. The average molecular weight is 377 g/mol. The molecule has 0 saturated heterocycles. The fourth-order valence-electron chi connectivity index (χ4n) is 3.89. The van der Waals surface area contributed by atoms with Gasteiger partial charge in [-0.25, -0.2) is 14.3 Å². The molecule has 0 aliphatic heterocycles. The van der Waals surface area contributed by atoms with E-state index in [0.29, 0.717) is 12.5 Å². The molecule has 0 unspecified atom stereocenters. The van der Waals surface area contributed by atoms with E-state index >= 15 is 0 Å². The first-order valence-electron chi connectivity index (χ1n) is 9.97. The van der Waals surface area contributed by atoms with Crippen LogP contribution in [-0.4, -0.2) is 24.5 Å². The van der Waals surface area contributed by atoms with Crippen molar-refractivity contribution in [1.29, 1.82) is 0 Å². The van der Waals surface area contributed by atoms with Crippen molar-refractivity contribution in [2.45, 2.75) is 59.5 Å². The quantitative estimate of drug-likeness (QED) is 0.685. The van der Waals surface area contributed by atoms with E-state index in [1.165, 1.54) is 15.8 Å². The molecule has 6 nitrogen and oxygen atoms in total. The summed E-state index contributed by atoms with van der Waals surface area (Å²) in [7, 11) is 0. The molecule has 146 valence electrons. The summed E-state index contributed by atoms with van der Waals surface area (Å²) in [5.74, 6) is 2.14. The SMILES string of the molecule is Cc1cc(=O)n(Cc2nc(CC(C)C)nn2C2Cc3ccccc3C2)nc1C. The lowest BCUT2D eigenvalue weighted by atomic mass is 10.1. The first-order valence-corrected chi connectivity index (χ1v) is 9.97. The third-order valence-corrected chi connectivity index (χ3v) is 5.44. The molecule has 0 amide bonds. The number of benzene rings is 1. The molecule has 0 saturated carbocycles. The predicted molar refractivity (Wildman–Crippen MR) is 109 cm³/mol. The number of fused-ring (bicyclic) bond motifs is 1. The summed E-state index contributed by atoms with van der Waals surface area (Å²) in [6.07, 6.45) is 2.72. The normalized spacial score (nSPS) is 14.0. The van der Waals surface area contributed by atoms with Crippen molar-refractivity contribution in [2.75, 3.05) is 0 Å². The maximum Gasteiger partial charge on any atom is 0.267 e. The molecule has 1 aliphatic rings. The Kier molecular flexibility index (Phi) is 4.87. The molecule has 0 bridgehead atoms. The zero-order chi connectivity index (χ0) is 19.8. The van der Waals surface area contributed by atoms with Gasteiger partial charge in [0.2, 0.25) is 0 Å². The summed E-state index contributed by atoms with van der Waals surface area (Å²) in [4.78, 5) is 17.2. The molecule has 0 atom stereocenters. The van der Waals surface area contributed by atoms with Gasteiger partial charge < -0.3 is 0 Å². The molecular weight excluding hydrogens is 350 g/mol. The van der Waals surface area contributed by atoms with Crippen LogP contribution in [0.3, 0.4) is 0 Å². The summed E-state index contributed by atoms with van der Waals surface area (Å²) in [5.41, 5.74) is 4.43. The van der Waals surface area contributed by atoms with Crippen LogP contribution in [0.4, 0.5) is 0 Å². The Morgan fingerprint density at radius 2 is 1.79 bits per heavy atom. The van der Waals surface area contributed by atoms with Crippen LogP contribution in [0.2, 0.25) is 0 Å². The van der Waals surface area contributed by atoms with E-state index in [1.807, 2.05) is 18.5 Å². The molecule has 2 heterocycles. The van der Waals surface area contributed by atoms with Gasteiger partial charge in [0.1, 0.15) is 12.4 Å². The van der Waals surface area contributed by atoms with Crippen molar-refractivity contribution in [1.82, 2.24) is 24.5 Å². The summed E-state index contributed by atoms with van der Waals surface area (Å²) in [5, 5.41) is 9.31. The summed E-state index contributed by atoms with van der Waals surface area (Å²) in [6, 6.07) is 10.4. The highest BCUT2D eigenvalue weighted by Gasteiger charge is 2.26. The predicted octanol–water partition coefficient (Wildman–Crippen LogP) is 3.04. The Bertz CT molecular complexity index is 1040. The van der Waals surface area contributed by atoms with E-state index in [4.69, 9.17) is 10.1 Å². The van der Waals surface area contributed by atoms with Gasteiger partial charge >= 0.3 is 0 Å². The van der Waals surface area contributed by atoms with Crippen molar-refractivity contribution < 1.29 is 0 Å². The molecule has 0 N–H and O–H groups in total. The topological polar surface area (TPSA) is 65.6 Å². The summed E-state index contributed by atoms with van der Waals surface area (Å²) >= 11 is 0. The third kappa shape index (κ3) is 3.63. The van der Waals surface area contributed by atoms with Gasteiger partial charge in [-0.1, -0.05) is 38.1 Å². The van der Waals surface area contributed by atoms with Gasteiger partial charge in [-0.05, 0) is 49.3 Å². The lowest BCUT2D eigenvalue weighted by molar-refractivity contribution is 0.437. The van der Waals surface area contributed by atoms with Crippen LogP contribution in [0.5, 0.6) is 0 Å². The van der Waals surface area contributed by atoms with Gasteiger partial charge in [-0.15, -0.1) is 0 Å². The average Bonchev–Trinajstić information content (AvgIpc) is 3.22. The zero-order valence-corrected chi connectivity index (χ0v) is 17.0. The van der Waals surface area contributed by atoms with Crippen molar-refractivity contribution in [3.8, 4) is 0 Å². The number of rotatable bonds is 5. The fourth-order valence-corrected chi connectivity index (χ4v) is 3.89. The molecule has 3 aromatic rings. The van der Waals surface area contributed by atoms with E-state index in [9.17, 15) is 4.79 Å². The molecule has 6 heteroatoms. The largest absolute Gasteiger partial charge is 0.268 e. The number of aromatic nitrogens is 5. The smallest absolute Gasteiger partial charge is 0.267 e. The zero-order valence-electron chi connectivity index (χ0n) is 17.0. The second-order valence-electron chi connectivity index (χ2n) is 8.23. The molecule has 2 aromatic heterocycles. The second kappa shape index (κ2) is 7.34. The number of hydrogen-bond donors (Lipinski definition) is 0. The number of hydrogen-bond acceptors (Lipinski definition) is 4. The summed E-state index contributed by atoms with van der Waals surface area (Å²) in [6.45, 7) is 8.52. The van der Waals surface area contributed by atoms with Gasteiger partial charge in [0.15, 0.2) is 5.82 Å². The van der Waals surface area contributed by atoms with Crippen molar-refractivity contribution in [3.05, 3.63) is 74.7 Å². The first-order chi connectivity index (χ1) is 13.4. The Hall–Kier alpha value is -2.76. The molecule has 0 fully saturated rings. The van der Waals surface area contributed by atoms with E-state index in [0.717, 1.165) is 42.2 Å². The number of nitrogens with zero attached hydrogens (tertiary/aromatic N) is 5. The Morgan fingerprint density at radius 1 is 1.11 bits per heavy atom. The van der Waals surface area contributed by atoms with E-state index < -0.39 is 0 Å². The van der Waals surface area contributed by atoms with Crippen LogP contribution < -0.4 is 5.56 Å². The van der Waals surface area contributed by atoms with Gasteiger partial charge in [0.05, 0.1) is 11.7 Å². The van der Waals surface area contributed by atoms with Crippen molar-refractivity contribution >= 4 is 0 Å². The molecule has 1 aromatic carbocycles. The van der Waals surface area contributed by atoms with Crippen molar-refractivity contribution in [2.24, 2.45) is 5.92 Å². The lowest BCUT2D eigenvalue weighted by Gasteiger charge is -2.14. The molecule has 0 spiro atoms. The van der Waals surface area contributed by atoms with E-state index in [1.54, 1.807) is 6.07 Å². The monoisotopic (exact) mass is 377 g/mol. The maximum absolute atomic E-state index is 12.4. The Morgan fingerprint density at radius 3 is 2.43 bits per heavy atom. The van der Waals surface area contributed by atoms with Crippen LogP contribution in [0.15, 0.2) is 35.1 Å². The van der Waals surface area contributed by atoms with Crippen LogP contribution >= 0.6 is 0 Å². The minimum absolute atomic E-state index is 0.0993. The third-order valence-electron chi connectivity index (χ3n) is 5.44. The van der Waals surface area contributed by atoms with Crippen LogP contribution in [0, 0.1) is 19.8 Å². The van der Waals surface area contributed by atoms with Gasteiger partial charge in [-0.2, -0.15) is 10.2 Å². The maximum atomic E-state index is 12.4. The Labute approximate surface area is 165 Å². The van der Waals surface area contributed by atoms with Crippen LogP contribution in [0.25, 0.3) is 0 Å². The molecular formula is C22H27N5O. The molecule has 28 heavy (non-hydrogen) atoms. The fraction of sp³-hybridized carbons (Fsp3) is 0.455. The Balaban J connectivity index is 1.69. The highest BCUT2D eigenvalue weighted by molar-refractivity contribution is 5.33. The molecule has 0 radical (unpaired) electrons. The van der Waals surface area contributed by atoms with Crippen molar-refractivity contribution in [3.63, 3.8) is 0 Å². The minimum atomic E-state index is -0.0993. The highest BCUT2D eigenvalue weighted by Crippen LogP contribution is 2.30. The van der Waals surface area contributed by atoms with Crippen LogP contribution in [0.1, 0.15) is 53.9 Å². The first kappa shape index (κ1) is 18.6. The second-order valence-corrected chi connectivity index (χ2v) is 8.23. The van der Waals surface area contributed by atoms with Gasteiger partial charge in [0.25, 0.3) is 5.56 Å². The highest BCUT2D eigenvalue weighted by atomic mass is 16.1. The number of aryl methyl sites for hydroxylation is 2. The van der Waals surface area contributed by atoms with E-state index in [-0.39, 0.29) is 11.6 Å². The summed E-state index contributed by atoms with van der Waals surface area (Å²) < 4.78 is 3.55. The minimum Gasteiger partial charge on any atom is -0.268 e. The van der Waals surface area contributed by atoms with Gasteiger partial charge in [0, 0.05) is 12.5 Å².